The van der Waals surface area contributed by atoms with Crippen molar-refractivity contribution >= 4 is 42.9 Å². The highest BCUT2D eigenvalue weighted by Gasteiger charge is 1.91. The van der Waals surface area contributed by atoms with Crippen LogP contribution in [0, 0.1) is 0 Å². The van der Waals surface area contributed by atoms with Gasteiger partial charge >= 0.3 is 0 Å². The van der Waals surface area contributed by atoms with Crippen molar-refractivity contribution in [1.29, 1.82) is 0 Å². The molecule has 1 aromatic carbocycles. The Labute approximate surface area is 90.7 Å². The maximum Gasteiger partial charge on any atom is 0.141 e. The first-order valence-corrected chi connectivity index (χ1v) is 2.73. The molecule has 0 bridgehead atoms. The normalized spacial score (nSPS) is 6.75. The van der Waals surface area contributed by atoms with Gasteiger partial charge in [0.1, 0.15) is 5.75 Å². The molecule has 2 nitrogen and oxygen atoms in total. The highest BCUT2D eigenvalue weighted by atomic mass is 35.5. The minimum absolute atomic E-state index is 0. The van der Waals surface area contributed by atoms with Crippen LogP contribution in [0.3, 0.4) is 0 Å². The van der Waals surface area contributed by atoms with Crippen LogP contribution < -0.4 is 10.5 Å². The van der Waals surface area contributed by atoms with Crippen LogP contribution in [0.15, 0.2) is 24.3 Å². The van der Waals surface area contributed by atoms with E-state index < -0.39 is 0 Å². The summed E-state index contributed by atoms with van der Waals surface area (Å²) in [7, 11) is 1.60. The van der Waals surface area contributed by atoms with E-state index in [1.807, 2.05) is 18.2 Å². The average Bonchev–Trinajstić information content (AvgIpc) is 1.89. The van der Waals surface area contributed by atoms with Crippen LogP contribution in [-0.2, 0) is 0 Å². The molecule has 1 aromatic rings. The van der Waals surface area contributed by atoms with Crippen molar-refractivity contribution in [2.75, 3.05) is 12.8 Å². The van der Waals surface area contributed by atoms with Gasteiger partial charge in [-0.1, -0.05) is 12.1 Å². The Morgan fingerprint density at radius 1 is 1.08 bits per heavy atom. The monoisotopic (exact) mass is 231 g/mol. The summed E-state index contributed by atoms with van der Waals surface area (Å²) in [5.41, 5.74) is 6.19. The molecule has 0 amide bonds. The first-order valence-electron chi connectivity index (χ1n) is 2.73. The van der Waals surface area contributed by atoms with Gasteiger partial charge in [0.2, 0.25) is 0 Å². The smallest absolute Gasteiger partial charge is 0.141 e. The minimum Gasteiger partial charge on any atom is -0.495 e. The SMILES string of the molecule is COc1ccccc1N.Cl.Cl.Cl. The number of rotatable bonds is 1. The fourth-order valence-corrected chi connectivity index (χ4v) is 0.666. The van der Waals surface area contributed by atoms with Gasteiger partial charge in [-0.15, -0.1) is 37.2 Å². The average molecular weight is 233 g/mol. The second-order valence-electron chi connectivity index (χ2n) is 1.74. The van der Waals surface area contributed by atoms with Crippen molar-refractivity contribution in [1.82, 2.24) is 0 Å². The second-order valence-corrected chi connectivity index (χ2v) is 1.74. The van der Waals surface area contributed by atoms with Crippen molar-refractivity contribution < 1.29 is 4.74 Å². The van der Waals surface area contributed by atoms with Crippen LogP contribution in [0.5, 0.6) is 5.75 Å². The number of hydrogen-bond donors (Lipinski definition) is 1. The number of nitrogen functional groups attached to an aromatic ring is 1. The standard InChI is InChI=1S/C7H9NO.3ClH/c1-9-7-5-3-2-4-6(7)8;;;/h2-5H,8H2,1H3;3*1H. The van der Waals surface area contributed by atoms with Gasteiger partial charge < -0.3 is 10.5 Å². The lowest BCUT2D eigenvalue weighted by Crippen LogP contribution is -1.89. The molecule has 0 aromatic heterocycles. The van der Waals surface area contributed by atoms with E-state index in [-0.39, 0.29) is 37.2 Å². The summed E-state index contributed by atoms with van der Waals surface area (Å²) in [6, 6.07) is 7.39. The van der Waals surface area contributed by atoms with Gasteiger partial charge in [-0.3, -0.25) is 0 Å². The lowest BCUT2D eigenvalue weighted by Gasteiger charge is -2.00. The lowest BCUT2D eigenvalue weighted by molar-refractivity contribution is 0.417. The molecule has 0 saturated carbocycles. The predicted octanol–water partition coefficient (Wildman–Crippen LogP) is 2.54. The van der Waals surface area contributed by atoms with Crippen molar-refractivity contribution in [2.24, 2.45) is 0 Å². The Morgan fingerprint density at radius 2 is 1.58 bits per heavy atom. The van der Waals surface area contributed by atoms with E-state index >= 15 is 0 Å². The molecule has 0 spiro atoms. The zero-order valence-corrected chi connectivity index (χ0v) is 8.97. The van der Waals surface area contributed by atoms with Crippen LogP contribution in [0.1, 0.15) is 0 Å². The van der Waals surface area contributed by atoms with E-state index in [4.69, 9.17) is 10.5 Å². The largest absolute Gasteiger partial charge is 0.495 e. The molecule has 0 radical (unpaired) electrons. The third-order valence-electron chi connectivity index (χ3n) is 1.14. The Hall–Kier alpha value is -0.310. The molecule has 0 fully saturated rings. The topological polar surface area (TPSA) is 35.2 Å². The van der Waals surface area contributed by atoms with Gasteiger partial charge in [0.25, 0.3) is 0 Å². The van der Waals surface area contributed by atoms with E-state index in [0.717, 1.165) is 5.75 Å². The summed E-state index contributed by atoms with van der Waals surface area (Å²) in [6.07, 6.45) is 0. The molecular formula is C7H12Cl3NO. The summed E-state index contributed by atoms with van der Waals surface area (Å²) < 4.78 is 4.92. The molecule has 5 heteroatoms. The number of nitrogens with two attached hydrogens (primary N) is 1. The van der Waals surface area contributed by atoms with E-state index in [1.54, 1.807) is 13.2 Å². The van der Waals surface area contributed by atoms with Gasteiger partial charge in [0.05, 0.1) is 12.8 Å². The summed E-state index contributed by atoms with van der Waals surface area (Å²) in [6.45, 7) is 0. The van der Waals surface area contributed by atoms with E-state index in [0.29, 0.717) is 5.69 Å². The van der Waals surface area contributed by atoms with Crippen molar-refractivity contribution in [3.05, 3.63) is 24.3 Å². The Morgan fingerprint density at radius 3 is 1.92 bits per heavy atom. The van der Waals surface area contributed by atoms with Crippen LogP contribution in [0.2, 0.25) is 0 Å². The molecule has 0 atom stereocenters. The molecule has 0 aliphatic heterocycles. The molecule has 0 heterocycles. The van der Waals surface area contributed by atoms with Crippen LogP contribution >= 0.6 is 37.2 Å². The first kappa shape index (κ1) is 17.7. The third kappa shape index (κ3) is 4.54. The molecule has 1 rings (SSSR count). The Kier molecular flexibility index (Phi) is 12.9. The minimum atomic E-state index is 0. The van der Waals surface area contributed by atoms with Gasteiger partial charge in [-0.25, -0.2) is 0 Å². The van der Waals surface area contributed by atoms with Crippen molar-refractivity contribution in [2.45, 2.75) is 0 Å². The predicted molar refractivity (Wildman–Crippen MR) is 59.2 cm³/mol. The Balaban J connectivity index is -0.000000270. The first-order chi connectivity index (χ1) is 4.34. The Bertz CT molecular complexity index is 208. The summed E-state index contributed by atoms with van der Waals surface area (Å²) in [4.78, 5) is 0. The summed E-state index contributed by atoms with van der Waals surface area (Å²) >= 11 is 0. The van der Waals surface area contributed by atoms with Crippen molar-refractivity contribution in [3.63, 3.8) is 0 Å². The molecule has 12 heavy (non-hydrogen) atoms. The maximum absolute atomic E-state index is 5.51. The maximum atomic E-state index is 5.51. The van der Waals surface area contributed by atoms with Gasteiger partial charge in [0.15, 0.2) is 0 Å². The van der Waals surface area contributed by atoms with Crippen LogP contribution in [0.4, 0.5) is 5.69 Å². The summed E-state index contributed by atoms with van der Waals surface area (Å²) in [5, 5.41) is 0. The number of halogens is 3. The fourth-order valence-electron chi connectivity index (χ4n) is 0.666. The number of hydrogen-bond acceptors (Lipinski definition) is 2. The van der Waals surface area contributed by atoms with Crippen molar-refractivity contribution in [3.8, 4) is 5.75 Å². The van der Waals surface area contributed by atoms with E-state index in [9.17, 15) is 0 Å². The number of para-hydroxylation sites is 2. The molecule has 0 aliphatic rings. The van der Waals surface area contributed by atoms with Gasteiger partial charge in [0, 0.05) is 0 Å². The number of benzene rings is 1. The second kappa shape index (κ2) is 8.78. The number of ether oxygens (including phenoxy) is 1. The number of anilines is 1. The molecular weight excluding hydrogens is 220 g/mol. The molecule has 72 valence electrons. The highest BCUT2D eigenvalue weighted by molar-refractivity contribution is 5.86. The zero-order valence-electron chi connectivity index (χ0n) is 6.52. The van der Waals surface area contributed by atoms with Gasteiger partial charge in [-0.05, 0) is 12.1 Å². The summed E-state index contributed by atoms with van der Waals surface area (Å²) in [5.74, 6) is 0.734. The fraction of sp³-hybridized carbons (Fsp3) is 0.143. The zero-order chi connectivity index (χ0) is 6.69. The molecule has 0 unspecified atom stereocenters. The molecule has 0 saturated heterocycles. The van der Waals surface area contributed by atoms with Crippen LogP contribution in [0.25, 0.3) is 0 Å². The molecule has 0 aliphatic carbocycles. The highest BCUT2D eigenvalue weighted by Crippen LogP contribution is 2.18. The third-order valence-corrected chi connectivity index (χ3v) is 1.14. The molecule has 2 N–H and O–H groups in total. The quantitative estimate of drug-likeness (QED) is 0.755. The lowest BCUT2D eigenvalue weighted by atomic mass is 10.3. The van der Waals surface area contributed by atoms with Crippen LogP contribution in [-0.4, -0.2) is 7.11 Å². The van der Waals surface area contributed by atoms with Gasteiger partial charge in [-0.2, -0.15) is 0 Å². The van der Waals surface area contributed by atoms with E-state index in [2.05, 4.69) is 0 Å². The van der Waals surface area contributed by atoms with E-state index in [1.165, 1.54) is 0 Å². The number of methoxy groups -OCH3 is 1.